The van der Waals surface area contributed by atoms with Crippen molar-refractivity contribution in [3.8, 4) is 11.1 Å². The number of benzene rings is 3. The molecule has 0 saturated heterocycles. The summed E-state index contributed by atoms with van der Waals surface area (Å²) in [6.45, 7) is 2.17. The van der Waals surface area contributed by atoms with E-state index >= 15 is 0 Å². The van der Waals surface area contributed by atoms with Crippen LogP contribution in [-0.2, 0) is 6.42 Å². The quantitative estimate of drug-likeness (QED) is 0.226. The first-order valence-electron chi connectivity index (χ1n) is 13.7. The van der Waals surface area contributed by atoms with Gasteiger partial charge < -0.3 is 9.97 Å². The second kappa shape index (κ2) is 8.92. The molecule has 6 aromatic rings. The molecule has 4 heteroatoms. The Labute approximate surface area is 231 Å². The molecule has 0 atom stereocenters. The highest BCUT2D eigenvalue weighted by molar-refractivity contribution is 6.16. The number of fused-ring (bicyclic) bond motifs is 10. The molecule has 8 rings (SSSR count). The summed E-state index contributed by atoms with van der Waals surface area (Å²) < 4.78 is 0. The number of rotatable bonds is 2. The van der Waals surface area contributed by atoms with Gasteiger partial charge in [0, 0.05) is 38.8 Å². The minimum absolute atomic E-state index is 0.888. The van der Waals surface area contributed by atoms with Crippen molar-refractivity contribution in [1.29, 1.82) is 0 Å². The van der Waals surface area contributed by atoms with Crippen LogP contribution < -0.4 is 0 Å². The molecule has 4 nitrogen and oxygen atoms in total. The summed E-state index contributed by atoms with van der Waals surface area (Å²) in [6.07, 6.45) is 9.33. The van der Waals surface area contributed by atoms with Crippen LogP contribution >= 0.6 is 0 Å². The Morgan fingerprint density at radius 3 is 1.80 bits per heavy atom. The SMILES string of the molecule is CCc1c2nc(cc3ccc([nH]3)c(-c3c4ccccc4cc4ccccc34)c3nc(cc4ccc1[nH]4)C=C3)C=C2. The number of hydrogen-bond acceptors (Lipinski definition) is 2. The van der Waals surface area contributed by atoms with Gasteiger partial charge in [-0.1, -0.05) is 55.5 Å². The number of H-pyrrole nitrogens is 2. The van der Waals surface area contributed by atoms with Crippen LogP contribution in [0.3, 0.4) is 0 Å². The van der Waals surface area contributed by atoms with Gasteiger partial charge in [-0.25, -0.2) is 9.97 Å². The van der Waals surface area contributed by atoms with Crippen LogP contribution in [-0.4, -0.2) is 19.9 Å². The fourth-order valence-corrected chi connectivity index (χ4v) is 6.05. The fraction of sp³-hybridized carbons (Fsp3) is 0.0556. The van der Waals surface area contributed by atoms with E-state index in [1.807, 2.05) is 0 Å². The Morgan fingerprint density at radius 2 is 1.12 bits per heavy atom. The van der Waals surface area contributed by atoms with Crippen molar-refractivity contribution in [3.05, 3.63) is 119 Å². The van der Waals surface area contributed by atoms with Crippen LogP contribution in [0.5, 0.6) is 0 Å². The molecule has 0 saturated carbocycles. The van der Waals surface area contributed by atoms with Gasteiger partial charge in [-0.2, -0.15) is 0 Å². The van der Waals surface area contributed by atoms with Crippen molar-refractivity contribution in [2.75, 3.05) is 0 Å². The van der Waals surface area contributed by atoms with Gasteiger partial charge in [0.25, 0.3) is 0 Å². The third-order valence-corrected chi connectivity index (χ3v) is 7.88. The van der Waals surface area contributed by atoms with Gasteiger partial charge in [-0.3, -0.25) is 0 Å². The molecule has 8 bridgehead atoms. The molecular weight excluding hydrogens is 488 g/mol. The van der Waals surface area contributed by atoms with Crippen LogP contribution in [0.4, 0.5) is 0 Å². The maximum Gasteiger partial charge on any atom is 0.0737 e. The first-order chi connectivity index (χ1) is 19.7. The lowest BCUT2D eigenvalue weighted by Crippen LogP contribution is -1.90. The molecule has 2 aliphatic heterocycles. The van der Waals surface area contributed by atoms with Crippen molar-refractivity contribution in [3.63, 3.8) is 0 Å². The molecule has 3 aromatic heterocycles. The molecule has 0 fully saturated rings. The van der Waals surface area contributed by atoms with Crippen LogP contribution in [0.2, 0.25) is 0 Å². The topological polar surface area (TPSA) is 57.4 Å². The maximum atomic E-state index is 5.17. The summed E-state index contributed by atoms with van der Waals surface area (Å²) in [5.41, 5.74) is 11.4. The first-order valence-corrected chi connectivity index (χ1v) is 13.7. The molecule has 2 N–H and O–H groups in total. The van der Waals surface area contributed by atoms with Crippen molar-refractivity contribution in [2.45, 2.75) is 13.3 Å². The Morgan fingerprint density at radius 1 is 0.550 bits per heavy atom. The predicted molar refractivity (Wildman–Crippen MR) is 169 cm³/mol. The van der Waals surface area contributed by atoms with E-state index in [1.54, 1.807) is 0 Å². The first kappa shape index (κ1) is 22.7. The lowest BCUT2D eigenvalue weighted by Gasteiger charge is -2.13. The van der Waals surface area contributed by atoms with Crippen molar-refractivity contribution in [1.82, 2.24) is 19.9 Å². The summed E-state index contributed by atoms with van der Waals surface area (Å²) in [6, 6.07) is 32.3. The van der Waals surface area contributed by atoms with Crippen molar-refractivity contribution in [2.24, 2.45) is 0 Å². The smallest absolute Gasteiger partial charge is 0.0737 e. The summed E-state index contributed by atoms with van der Waals surface area (Å²) in [5.74, 6) is 0. The summed E-state index contributed by atoms with van der Waals surface area (Å²) >= 11 is 0. The zero-order valence-corrected chi connectivity index (χ0v) is 22.1. The zero-order chi connectivity index (χ0) is 26.6. The average Bonchev–Trinajstić information content (AvgIpc) is 3.79. The lowest BCUT2D eigenvalue weighted by atomic mass is 9.91. The van der Waals surface area contributed by atoms with E-state index in [1.165, 1.54) is 32.7 Å². The lowest BCUT2D eigenvalue weighted by molar-refractivity contribution is 1.11. The zero-order valence-electron chi connectivity index (χ0n) is 22.1. The number of aromatic amines is 2. The normalized spacial score (nSPS) is 12.5. The Hall–Kier alpha value is -5.22. The molecule has 190 valence electrons. The van der Waals surface area contributed by atoms with Gasteiger partial charge >= 0.3 is 0 Å². The molecule has 40 heavy (non-hydrogen) atoms. The molecule has 0 unspecified atom stereocenters. The minimum atomic E-state index is 0.888. The van der Waals surface area contributed by atoms with Crippen LogP contribution in [0.15, 0.2) is 91.0 Å². The molecular formula is C36H26N4. The van der Waals surface area contributed by atoms with E-state index in [0.717, 1.165) is 56.8 Å². The molecule has 0 aliphatic carbocycles. The Bertz CT molecular complexity index is 2150. The Balaban J connectivity index is 1.55. The van der Waals surface area contributed by atoms with E-state index < -0.39 is 0 Å². The second-order valence-electron chi connectivity index (χ2n) is 10.4. The third kappa shape index (κ3) is 3.69. The summed E-state index contributed by atoms with van der Waals surface area (Å²) in [7, 11) is 0. The van der Waals surface area contributed by atoms with E-state index in [-0.39, 0.29) is 0 Å². The molecule has 0 radical (unpaired) electrons. The van der Waals surface area contributed by atoms with E-state index in [9.17, 15) is 0 Å². The van der Waals surface area contributed by atoms with Crippen molar-refractivity contribution < 1.29 is 0 Å². The fourth-order valence-electron chi connectivity index (χ4n) is 6.05. The molecule has 3 aromatic carbocycles. The number of nitrogens with zero attached hydrogens (tertiary/aromatic N) is 2. The summed E-state index contributed by atoms with van der Waals surface area (Å²) in [5, 5.41) is 4.84. The van der Waals surface area contributed by atoms with E-state index in [2.05, 4.69) is 132 Å². The highest BCUT2D eigenvalue weighted by Gasteiger charge is 2.17. The van der Waals surface area contributed by atoms with Gasteiger partial charge in [-0.05, 0) is 94.7 Å². The van der Waals surface area contributed by atoms with E-state index in [0.29, 0.717) is 0 Å². The second-order valence-corrected chi connectivity index (χ2v) is 10.4. The monoisotopic (exact) mass is 514 g/mol. The number of hydrogen-bond donors (Lipinski definition) is 2. The van der Waals surface area contributed by atoms with Gasteiger partial charge in [0.05, 0.1) is 22.8 Å². The molecule has 0 spiro atoms. The largest absolute Gasteiger partial charge is 0.355 e. The molecule has 5 heterocycles. The molecule has 2 aliphatic rings. The highest BCUT2D eigenvalue weighted by atomic mass is 14.8. The Kier molecular flexibility index (Phi) is 5.07. The molecule has 0 amide bonds. The van der Waals surface area contributed by atoms with Gasteiger partial charge in [-0.15, -0.1) is 0 Å². The minimum Gasteiger partial charge on any atom is -0.355 e. The van der Waals surface area contributed by atoms with Crippen LogP contribution in [0.1, 0.15) is 35.3 Å². The maximum absolute atomic E-state index is 5.17. The van der Waals surface area contributed by atoms with Crippen LogP contribution in [0, 0.1) is 0 Å². The number of aromatic nitrogens is 4. The van der Waals surface area contributed by atoms with Gasteiger partial charge in [0.15, 0.2) is 0 Å². The summed E-state index contributed by atoms with van der Waals surface area (Å²) in [4.78, 5) is 17.4. The number of aryl methyl sites for hydroxylation is 1. The van der Waals surface area contributed by atoms with Gasteiger partial charge in [0.1, 0.15) is 0 Å². The van der Waals surface area contributed by atoms with Crippen LogP contribution in [0.25, 0.3) is 79.0 Å². The number of nitrogens with one attached hydrogen (secondary N) is 2. The third-order valence-electron chi connectivity index (χ3n) is 7.88. The average molecular weight is 515 g/mol. The van der Waals surface area contributed by atoms with Gasteiger partial charge in [0.2, 0.25) is 0 Å². The van der Waals surface area contributed by atoms with Crippen molar-refractivity contribution >= 4 is 67.9 Å². The standard InChI is InChI=1S/C36H26N4/c1-2-28-31-15-11-24(37-31)20-26-13-17-33(39-26)36(34-18-14-27(40-34)21-25-12-16-32(28)38-25)35-29-9-5-3-7-22(29)19-23-8-4-6-10-30(23)35/h3-21,37,40H,2H2,1H3. The van der Waals surface area contributed by atoms with E-state index in [4.69, 9.17) is 9.97 Å². The highest BCUT2D eigenvalue weighted by Crippen LogP contribution is 2.40. The predicted octanol–water partition coefficient (Wildman–Crippen LogP) is 9.19.